The van der Waals surface area contributed by atoms with Crippen LogP contribution in [-0.4, -0.2) is 40.5 Å². The number of ether oxygens (including phenoxy) is 1. The predicted octanol–water partition coefficient (Wildman–Crippen LogP) is 7.25. The molecule has 0 fully saturated rings. The van der Waals surface area contributed by atoms with Crippen LogP contribution in [0.2, 0.25) is 0 Å². The molecule has 2 rings (SSSR count). The molecule has 0 aromatic heterocycles. The number of nitrogens with one attached hydrogen (secondary N) is 2. The molecule has 2 aromatic rings. The summed E-state index contributed by atoms with van der Waals surface area (Å²) in [6, 6.07) is 13.6. The summed E-state index contributed by atoms with van der Waals surface area (Å²) >= 11 is 0. The third kappa shape index (κ3) is 10.2. The minimum Gasteiger partial charge on any atom is -0.444 e. The lowest BCUT2D eigenvalue weighted by Crippen LogP contribution is -2.57. The summed E-state index contributed by atoms with van der Waals surface area (Å²) < 4.78 is 5.55. The van der Waals surface area contributed by atoms with Crippen molar-refractivity contribution in [2.75, 3.05) is 0 Å². The maximum atomic E-state index is 14.7. The fraction of sp³-hybridized carbons (Fsp3) is 0.571. The van der Waals surface area contributed by atoms with E-state index in [4.69, 9.17) is 4.74 Å². The molecule has 0 spiro atoms. The van der Waals surface area contributed by atoms with Gasteiger partial charge in [0.15, 0.2) is 0 Å². The minimum absolute atomic E-state index is 0.184. The van der Waals surface area contributed by atoms with Crippen LogP contribution in [0.25, 0.3) is 0 Å². The number of carbonyl (C=O) groups excluding carboxylic acids is 3. The van der Waals surface area contributed by atoms with Gasteiger partial charge in [-0.05, 0) is 88.5 Å². The molecule has 2 N–H and O–H groups in total. The second kappa shape index (κ2) is 15.8. The van der Waals surface area contributed by atoms with Gasteiger partial charge in [-0.25, -0.2) is 4.79 Å². The third-order valence-corrected chi connectivity index (χ3v) is 7.82. The molecule has 0 saturated heterocycles. The standard InChI is InChI=1S/C35H53N3O4/c1-11-24(4)30(37-34(41)42-35(8,9)10)33(40)38(26(6)21-20-23(2)3)31(29-19-15-16-25(5)27(29)7)32(39)36-22-28-17-13-12-14-18-28/h12-19,23-24,26,30-31H,11,20-22H2,1-10H3,(H,36,39)(H,37,41). The van der Waals surface area contributed by atoms with Gasteiger partial charge in [0.2, 0.25) is 11.8 Å². The van der Waals surface area contributed by atoms with Crippen LogP contribution < -0.4 is 10.6 Å². The summed E-state index contributed by atoms with van der Waals surface area (Å²) in [6.45, 7) is 20.0. The first-order chi connectivity index (χ1) is 19.7. The number of rotatable bonds is 13. The van der Waals surface area contributed by atoms with Crippen LogP contribution in [0.3, 0.4) is 0 Å². The second-order valence-corrected chi connectivity index (χ2v) is 13.0. The molecule has 0 heterocycles. The van der Waals surface area contributed by atoms with E-state index in [1.807, 2.05) is 83.1 Å². The highest BCUT2D eigenvalue weighted by Gasteiger charge is 2.41. The maximum Gasteiger partial charge on any atom is 0.408 e. The molecular formula is C35H53N3O4. The summed E-state index contributed by atoms with van der Waals surface area (Å²) in [5.41, 5.74) is 3.05. The van der Waals surface area contributed by atoms with Gasteiger partial charge in [0, 0.05) is 12.6 Å². The van der Waals surface area contributed by atoms with Gasteiger partial charge in [-0.3, -0.25) is 9.59 Å². The number of hydrogen-bond donors (Lipinski definition) is 2. The Balaban J connectivity index is 2.64. The number of nitrogens with zero attached hydrogens (tertiary/aromatic N) is 1. The largest absolute Gasteiger partial charge is 0.444 e. The molecule has 4 unspecified atom stereocenters. The van der Waals surface area contributed by atoms with E-state index in [1.165, 1.54) is 0 Å². The van der Waals surface area contributed by atoms with Crippen LogP contribution in [0.1, 0.15) is 103 Å². The smallest absolute Gasteiger partial charge is 0.408 e. The van der Waals surface area contributed by atoms with Crippen molar-refractivity contribution in [3.05, 3.63) is 70.8 Å². The topological polar surface area (TPSA) is 87.7 Å². The SMILES string of the molecule is CCC(C)C(NC(=O)OC(C)(C)C)C(=O)N(C(C)CCC(C)C)C(C(=O)NCc1ccccc1)c1cccc(C)c1C. The Labute approximate surface area is 253 Å². The predicted molar refractivity (Wildman–Crippen MR) is 170 cm³/mol. The van der Waals surface area contributed by atoms with E-state index in [0.717, 1.165) is 35.1 Å². The average molecular weight is 580 g/mol. The Morgan fingerprint density at radius 1 is 0.905 bits per heavy atom. The zero-order valence-electron chi connectivity index (χ0n) is 27.4. The number of carbonyl (C=O) groups is 3. The molecule has 232 valence electrons. The summed E-state index contributed by atoms with van der Waals surface area (Å²) in [7, 11) is 0. The van der Waals surface area contributed by atoms with Gasteiger partial charge >= 0.3 is 6.09 Å². The summed E-state index contributed by atoms with van der Waals surface area (Å²) in [6.07, 6.45) is 1.63. The highest BCUT2D eigenvalue weighted by Crippen LogP contribution is 2.31. The van der Waals surface area contributed by atoms with E-state index in [9.17, 15) is 14.4 Å². The Kier molecular flexibility index (Phi) is 13.1. The van der Waals surface area contributed by atoms with Crippen molar-refractivity contribution < 1.29 is 19.1 Å². The zero-order valence-corrected chi connectivity index (χ0v) is 27.4. The van der Waals surface area contributed by atoms with E-state index in [-0.39, 0.29) is 23.8 Å². The highest BCUT2D eigenvalue weighted by atomic mass is 16.6. The van der Waals surface area contributed by atoms with E-state index in [1.54, 1.807) is 25.7 Å². The van der Waals surface area contributed by atoms with Crippen LogP contribution in [0.4, 0.5) is 4.79 Å². The molecule has 42 heavy (non-hydrogen) atoms. The van der Waals surface area contributed by atoms with Gasteiger partial charge in [0.25, 0.3) is 0 Å². The van der Waals surface area contributed by atoms with Gasteiger partial charge in [-0.1, -0.05) is 82.6 Å². The Morgan fingerprint density at radius 3 is 2.12 bits per heavy atom. The van der Waals surface area contributed by atoms with Crippen molar-refractivity contribution in [1.82, 2.24) is 15.5 Å². The molecular weight excluding hydrogens is 526 g/mol. The van der Waals surface area contributed by atoms with Crippen LogP contribution in [0.15, 0.2) is 48.5 Å². The molecule has 0 radical (unpaired) electrons. The fourth-order valence-electron chi connectivity index (χ4n) is 4.96. The van der Waals surface area contributed by atoms with Gasteiger partial charge in [0.05, 0.1) is 0 Å². The first-order valence-electron chi connectivity index (χ1n) is 15.4. The Morgan fingerprint density at radius 2 is 1.55 bits per heavy atom. The first kappa shape index (κ1) is 34.8. The van der Waals surface area contributed by atoms with Crippen LogP contribution >= 0.6 is 0 Å². The number of hydrogen-bond acceptors (Lipinski definition) is 4. The second-order valence-electron chi connectivity index (χ2n) is 13.0. The molecule has 7 nitrogen and oxygen atoms in total. The summed E-state index contributed by atoms with van der Waals surface area (Å²) in [5.74, 6) is -0.290. The van der Waals surface area contributed by atoms with Crippen LogP contribution in [0.5, 0.6) is 0 Å². The maximum absolute atomic E-state index is 14.7. The van der Waals surface area contributed by atoms with Gasteiger partial charge < -0.3 is 20.3 Å². The fourth-order valence-corrected chi connectivity index (χ4v) is 4.96. The van der Waals surface area contributed by atoms with Crippen molar-refractivity contribution in [3.63, 3.8) is 0 Å². The minimum atomic E-state index is -0.879. The monoisotopic (exact) mass is 579 g/mol. The van der Waals surface area contributed by atoms with Crippen molar-refractivity contribution in [2.45, 2.75) is 119 Å². The van der Waals surface area contributed by atoms with Crippen molar-refractivity contribution in [3.8, 4) is 0 Å². The highest BCUT2D eigenvalue weighted by molar-refractivity contribution is 5.92. The summed E-state index contributed by atoms with van der Waals surface area (Å²) in [4.78, 5) is 43.6. The van der Waals surface area contributed by atoms with E-state index in [2.05, 4.69) is 24.5 Å². The molecule has 4 atom stereocenters. The molecule has 0 aliphatic heterocycles. The first-order valence-corrected chi connectivity index (χ1v) is 15.4. The van der Waals surface area contributed by atoms with Crippen LogP contribution in [0, 0.1) is 25.7 Å². The number of benzene rings is 2. The molecule has 2 aromatic carbocycles. The van der Waals surface area contributed by atoms with E-state index < -0.39 is 23.8 Å². The van der Waals surface area contributed by atoms with Gasteiger partial charge in [-0.2, -0.15) is 0 Å². The lowest BCUT2D eigenvalue weighted by atomic mass is 9.91. The van der Waals surface area contributed by atoms with E-state index >= 15 is 0 Å². The molecule has 7 heteroatoms. The molecule has 0 aliphatic carbocycles. The number of amides is 3. The lowest BCUT2D eigenvalue weighted by molar-refractivity contribution is -0.146. The Hall–Kier alpha value is -3.35. The number of aryl methyl sites for hydroxylation is 1. The van der Waals surface area contributed by atoms with Gasteiger partial charge in [0.1, 0.15) is 17.7 Å². The number of alkyl carbamates (subject to hydrolysis) is 1. The molecule has 0 bridgehead atoms. The van der Waals surface area contributed by atoms with Crippen molar-refractivity contribution in [2.24, 2.45) is 11.8 Å². The molecule has 0 saturated carbocycles. The molecule has 3 amide bonds. The Bertz CT molecular complexity index is 1170. The zero-order chi connectivity index (χ0) is 31.6. The van der Waals surface area contributed by atoms with Crippen molar-refractivity contribution >= 4 is 17.9 Å². The lowest BCUT2D eigenvalue weighted by Gasteiger charge is -2.40. The normalized spacial score (nSPS) is 14.5. The third-order valence-electron chi connectivity index (χ3n) is 7.82. The van der Waals surface area contributed by atoms with Gasteiger partial charge in [-0.15, -0.1) is 0 Å². The van der Waals surface area contributed by atoms with Crippen LogP contribution in [-0.2, 0) is 20.9 Å². The van der Waals surface area contributed by atoms with E-state index in [0.29, 0.717) is 18.9 Å². The average Bonchev–Trinajstić information content (AvgIpc) is 2.92. The van der Waals surface area contributed by atoms with Crippen molar-refractivity contribution in [1.29, 1.82) is 0 Å². The molecule has 0 aliphatic rings. The quantitative estimate of drug-likeness (QED) is 0.262. The summed E-state index contributed by atoms with van der Waals surface area (Å²) in [5, 5.41) is 5.98.